The van der Waals surface area contributed by atoms with Gasteiger partial charge < -0.3 is 9.47 Å². The standard InChI is InChI=1S/C30H26BrN5O6S2/c1-4-7-20-25(28(38)42-5-2)26(18-9-10-22(41-3)19(31)16-18)35-27(37)24(44-30(35)34-20)15-17-8-11-23(21(14-17)36(39)40)43-29-32-12-6-13-33-29/h6,8-16,26H,4-5,7H2,1-3H3/b24-15+/t26-/m1/s1. The number of carbonyl (C=O) groups excluding carboxylic acids is 1. The maximum Gasteiger partial charge on any atom is 0.338 e. The van der Waals surface area contributed by atoms with Gasteiger partial charge >= 0.3 is 5.97 Å². The number of aromatic nitrogens is 3. The van der Waals surface area contributed by atoms with Crippen LogP contribution in [0.1, 0.15) is 43.9 Å². The van der Waals surface area contributed by atoms with Crippen LogP contribution < -0.4 is 19.6 Å². The second kappa shape index (κ2) is 13.7. The molecule has 1 aliphatic rings. The van der Waals surface area contributed by atoms with E-state index >= 15 is 0 Å². The molecule has 1 aliphatic heterocycles. The van der Waals surface area contributed by atoms with Crippen molar-refractivity contribution < 1.29 is 19.2 Å². The first-order chi connectivity index (χ1) is 21.2. The van der Waals surface area contributed by atoms with Crippen LogP contribution in [0.3, 0.4) is 0 Å². The summed E-state index contributed by atoms with van der Waals surface area (Å²) in [6.45, 7) is 3.87. The summed E-state index contributed by atoms with van der Waals surface area (Å²) in [5.74, 6) is 0.0515. The Morgan fingerprint density at radius 1 is 1.20 bits per heavy atom. The van der Waals surface area contributed by atoms with Crippen molar-refractivity contribution in [2.24, 2.45) is 4.99 Å². The van der Waals surface area contributed by atoms with Gasteiger partial charge in [0.25, 0.3) is 11.2 Å². The minimum absolute atomic E-state index is 0.139. The first-order valence-electron chi connectivity index (χ1n) is 13.5. The number of halogens is 1. The molecule has 0 saturated heterocycles. The molecule has 2 aromatic heterocycles. The molecule has 0 bridgehead atoms. The Morgan fingerprint density at radius 2 is 1.98 bits per heavy atom. The van der Waals surface area contributed by atoms with E-state index in [1.807, 2.05) is 13.0 Å². The molecule has 0 saturated carbocycles. The second-order valence-corrected chi connectivity index (χ2v) is 12.3. The molecular formula is C30H26BrN5O6S2. The van der Waals surface area contributed by atoms with Gasteiger partial charge in [-0.05, 0) is 82.5 Å². The normalized spacial score (nSPS) is 14.6. The van der Waals surface area contributed by atoms with Crippen molar-refractivity contribution in [2.75, 3.05) is 13.7 Å². The Balaban J connectivity index is 1.67. The molecule has 2 aromatic carbocycles. The molecule has 0 fully saturated rings. The number of esters is 1. The van der Waals surface area contributed by atoms with Crippen molar-refractivity contribution in [1.82, 2.24) is 14.5 Å². The molecule has 4 aromatic rings. The lowest BCUT2D eigenvalue weighted by Crippen LogP contribution is -2.40. The summed E-state index contributed by atoms with van der Waals surface area (Å²) < 4.78 is 13.3. The van der Waals surface area contributed by atoms with E-state index in [-0.39, 0.29) is 17.9 Å². The van der Waals surface area contributed by atoms with Crippen molar-refractivity contribution in [1.29, 1.82) is 0 Å². The molecule has 0 aliphatic carbocycles. The molecule has 11 nitrogen and oxygen atoms in total. The summed E-state index contributed by atoms with van der Waals surface area (Å²) in [5, 5.41) is 12.3. The minimum Gasteiger partial charge on any atom is -0.496 e. The molecule has 0 amide bonds. The number of rotatable bonds is 10. The van der Waals surface area contributed by atoms with Gasteiger partial charge in [-0.15, -0.1) is 0 Å². The molecule has 0 radical (unpaired) electrons. The number of nitro benzene ring substituents is 1. The minimum atomic E-state index is -0.810. The van der Waals surface area contributed by atoms with Crippen LogP contribution in [0.25, 0.3) is 6.08 Å². The van der Waals surface area contributed by atoms with Gasteiger partial charge in [0.15, 0.2) is 9.96 Å². The highest BCUT2D eigenvalue weighted by Gasteiger charge is 2.34. The third kappa shape index (κ3) is 6.37. The van der Waals surface area contributed by atoms with Gasteiger partial charge in [0.05, 0.1) is 49.9 Å². The Hall–Kier alpha value is -4.14. The van der Waals surface area contributed by atoms with Crippen molar-refractivity contribution in [3.8, 4) is 5.75 Å². The average Bonchev–Trinajstić information content (AvgIpc) is 3.31. The van der Waals surface area contributed by atoms with E-state index in [9.17, 15) is 19.7 Å². The number of hydrogen-bond acceptors (Lipinski definition) is 11. The van der Waals surface area contributed by atoms with E-state index < -0.39 is 16.9 Å². The zero-order valence-corrected chi connectivity index (χ0v) is 27.1. The topological polar surface area (TPSA) is 139 Å². The van der Waals surface area contributed by atoms with Crippen LogP contribution in [0.15, 0.2) is 90.4 Å². The lowest BCUT2D eigenvalue weighted by Gasteiger charge is -2.26. The molecule has 3 heterocycles. The summed E-state index contributed by atoms with van der Waals surface area (Å²) in [4.78, 5) is 52.7. The molecule has 44 heavy (non-hydrogen) atoms. The third-order valence-electron chi connectivity index (χ3n) is 6.60. The predicted molar refractivity (Wildman–Crippen MR) is 170 cm³/mol. The van der Waals surface area contributed by atoms with Crippen molar-refractivity contribution in [3.63, 3.8) is 0 Å². The molecular weight excluding hydrogens is 670 g/mol. The quantitative estimate of drug-likeness (QED) is 0.0948. The first kappa shape index (κ1) is 31.3. The summed E-state index contributed by atoms with van der Waals surface area (Å²) in [7, 11) is 1.55. The molecule has 5 rings (SSSR count). The van der Waals surface area contributed by atoms with Gasteiger partial charge in [-0.2, -0.15) is 0 Å². The number of ether oxygens (including phenoxy) is 2. The summed E-state index contributed by atoms with van der Waals surface area (Å²) in [6, 6.07) is 10.9. The third-order valence-corrected chi connectivity index (χ3v) is 9.17. The molecule has 226 valence electrons. The molecule has 1 atom stereocenters. The maximum absolute atomic E-state index is 14.0. The van der Waals surface area contributed by atoms with Crippen molar-refractivity contribution in [2.45, 2.75) is 42.8 Å². The largest absolute Gasteiger partial charge is 0.496 e. The number of methoxy groups -OCH3 is 1. The molecule has 14 heteroatoms. The Kier molecular flexibility index (Phi) is 9.71. The smallest absolute Gasteiger partial charge is 0.338 e. The highest BCUT2D eigenvalue weighted by Crippen LogP contribution is 2.36. The number of carbonyl (C=O) groups is 1. The zero-order chi connectivity index (χ0) is 31.4. The van der Waals surface area contributed by atoms with E-state index in [4.69, 9.17) is 14.5 Å². The fourth-order valence-electron chi connectivity index (χ4n) is 4.73. The summed E-state index contributed by atoms with van der Waals surface area (Å²) >= 11 is 5.76. The fourth-order valence-corrected chi connectivity index (χ4v) is 7.11. The van der Waals surface area contributed by atoms with E-state index in [1.54, 1.807) is 62.8 Å². The van der Waals surface area contributed by atoms with Crippen LogP contribution in [-0.4, -0.2) is 39.1 Å². The number of thiazole rings is 1. The summed E-state index contributed by atoms with van der Waals surface area (Å²) in [6.07, 6.45) is 5.94. The van der Waals surface area contributed by atoms with E-state index in [1.165, 1.54) is 10.6 Å². The fraction of sp³-hybridized carbons (Fsp3) is 0.233. The Labute approximate surface area is 268 Å². The van der Waals surface area contributed by atoms with Gasteiger partial charge in [0, 0.05) is 18.5 Å². The first-order valence-corrected chi connectivity index (χ1v) is 16.0. The molecule has 0 unspecified atom stereocenters. The van der Waals surface area contributed by atoms with Gasteiger partial charge in [-0.1, -0.05) is 36.8 Å². The van der Waals surface area contributed by atoms with Gasteiger partial charge in [-0.3, -0.25) is 19.5 Å². The lowest BCUT2D eigenvalue weighted by atomic mass is 9.94. The van der Waals surface area contributed by atoms with E-state index in [2.05, 4.69) is 25.9 Å². The Morgan fingerprint density at radius 3 is 2.64 bits per heavy atom. The van der Waals surface area contributed by atoms with Gasteiger partial charge in [0.2, 0.25) is 0 Å². The molecule has 0 N–H and O–H groups in total. The van der Waals surface area contributed by atoms with E-state index in [0.29, 0.717) is 58.4 Å². The van der Waals surface area contributed by atoms with Crippen LogP contribution in [-0.2, 0) is 9.53 Å². The zero-order valence-electron chi connectivity index (χ0n) is 23.9. The number of benzene rings is 2. The lowest BCUT2D eigenvalue weighted by molar-refractivity contribution is -0.387. The number of hydrogen-bond donors (Lipinski definition) is 0. The molecule has 0 spiro atoms. The van der Waals surface area contributed by atoms with Crippen molar-refractivity contribution >= 4 is 56.8 Å². The monoisotopic (exact) mass is 695 g/mol. The van der Waals surface area contributed by atoms with Crippen LogP contribution in [0.2, 0.25) is 0 Å². The van der Waals surface area contributed by atoms with Crippen LogP contribution in [0.4, 0.5) is 5.69 Å². The van der Waals surface area contributed by atoms with E-state index in [0.717, 1.165) is 29.5 Å². The number of nitrogens with zero attached hydrogens (tertiary/aromatic N) is 5. The maximum atomic E-state index is 14.0. The number of allylic oxidation sites excluding steroid dienone is 1. The highest BCUT2D eigenvalue weighted by atomic mass is 79.9. The predicted octanol–water partition coefficient (Wildman–Crippen LogP) is 5.20. The van der Waals surface area contributed by atoms with Crippen molar-refractivity contribution in [3.05, 3.63) is 112 Å². The second-order valence-electron chi connectivity index (χ2n) is 9.43. The number of fused-ring (bicyclic) bond motifs is 1. The number of nitro groups is 1. The highest BCUT2D eigenvalue weighted by molar-refractivity contribution is 9.10. The van der Waals surface area contributed by atoms with Crippen LogP contribution in [0.5, 0.6) is 5.75 Å². The Bertz CT molecular complexity index is 1960. The van der Waals surface area contributed by atoms with Crippen LogP contribution in [0, 0.1) is 10.1 Å². The van der Waals surface area contributed by atoms with Gasteiger partial charge in [-0.25, -0.2) is 19.8 Å². The van der Waals surface area contributed by atoms with Gasteiger partial charge in [0.1, 0.15) is 5.75 Å². The summed E-state index contributed by atoms with van der Waals surface area (Å²) in [5.41, 5.74) is 1.45. The SMILES string of the molecule is CCCC1=C(C(=O)OCC)[C@@H](c2ccc(OC)c(Br)c2)n2c(s/c(=C/c3ccc(Sc4ncccn4)c([N+](=O)[O-])c3)c2=O)=N1. The van der Waals surface area contributed by atoms with Crippen LogP contribution >= 0.6 is 39.0 Å². The average molecular weight is 697 g/mol.